The fraction of sp³-hybridized carbons (Fsp3) is 0.333. The highest BCUT2D eigenvalue weighted by atomic mass is 32.2. The van der Waals surface area contributed by atoms with Gasteiger partial charge < -0.3 is 10.4 Å². The van der Waals surface area contributed by atoms with Crippen molar-refractivity contribution < 1.29 is 22.3 Å². The van der Waals surface area contributed by atoms with E-state index in [1.54, 1.807) is 7.05 Å². The fourth-order valence-corrected chi connectivity index (χ4v) is 4.78. The summed E-state index contributed by atoms with van der Waals surface area (Å²) in [6.07, 6.45) is -0.545. The van der Waals surface area contributed by atoms with Crippen molar-refractivity contribution in [2.45, 2.75) is 19.1 Å². The summed E-state index contributed by atoms with van der Waals surface area (Å²) in [4.78, 5) is 0. The number of nitrogens with zero attached hydrogens (tertiary/aromatic N) is 2. The number of hydrogen-bond acceptors (Lipinski definition) is 4. The van der Waals surface area contributed by atoms with Crippen molar-refractivity contribution in [2.75, 3.05) is 24.4 Å². The van der Waals surface area contributed by atoms with Crippen molar-refractivity contribution in [2.24, 2.45) is 0 Å². The lowest BCUT2D eigenvalue weighted by molar-refractivity contribution is 0.154. The number of benzene rings is 2. The second-order valence-corrected chi connectivity index (χ2v) is 8.11. The molecule has 0 amide bonds. The van der Waals surface area contributed by atoms with Gasteiger partial charge in [0.2, 0.25) is 0 Å². The molecule has 1 aliphatic rings. The Hall–Kier alpha value is -2.07. The predicted molar refractivity (Wildman–Crippen MR) is 98.8 cm³/mol. The molecule has 27 heavy (non-hydrogen) atoms. The molecular weight excluding hydrogens is 376 g/mol. The van der Waals surface area contributed by atoms with Gasteiger partial charge in [0.25, 0.3) is 0 Å². The fourth-order valence-electron chi connectivity index (χ4n) is 3.09. The van der Waals surface area contributed by atoms with E-state index in [2.05, 4.69) is 5.32 Å². The van der Waals surface area contributed by atoms with Crippen molar-refractivity contribution in [3.05, 3.63) is 59.7 Å². The van der Waals surface area contributed by atoms with Crippen LogP contribution >= 0.6 is 0 Å². The van der Waals surface area contributed by atoms with Gasteiger partial charge in [-0.3, -0.25) is 0 Å². The van der Waals surface area contributed by atoms with E-state index in [4.69, 9.17) is 0 Å². The first kappa shape index (κ1) is 19.7. The Morgan fingerprint density at radius 1 is 1.19 bits per heavy atom. The van der Waals surface area contributed by atoms with Gasteiger partial charge in [-0.05, 0) is 49.4 Å². The third kappa shape index (κ3) is 3.96. The van der Waals surface area contributed by atoms with E-state index >= 15 is 0 Å². The molecule has 9 heteroatoms. The van der Waals surface area contributed by atoms with Crippen LogP contribution in [0.4, 0.5) is 20.2 Å². The smallest absolute Gasteiger partial charge is 0.308 e. The molecule has 2 aromatic carbocycles. The van der Waals surface area contributed by atoms with E-state index in [1.807, 2.05) is 0 Å². The number of halogens is 2. The summed E-state index contributed by atoms with van der Waals surface area (Å²) in [5.74, 6) is -1.20. The number of aliphatic hydroxyl groups is 1. The van der Waals surface area contributed by atoms with Gasteiger partial charge >= 0.3 is 10.2 Å². The lowest BCUT2D eigenvalue weighted by Gasteiger charge is -2.37. The number of nitrogens with one attached hydrogen (secondary N) is 1. The quantitative estimate of drug-likeness (QED) is 0.783. The molecule has 0 aliphatic carbocycles. The lowest BCUT2D eigenvalue weighted by atomic mass is 10.1. The highest BCUT2D eigenvalue weighted by Gasteiger charge is 2.38. The molecule has 1 heterocycles. The van der Waals surface area contributed by atoms with Crippen LogP contribution in [-0.2, 0) is 16.8 Å². The largest absolute Gasteiger partial charge is 0.392 e. The maximum atomic E-state index is 14.4. The van der Waals surface area contributed by atoms with Gasteiger partial charge in [0.1, 0.15) is 11.6 Å². The Balaban J connectivity index is 2.04. The Labute approximate surface area is 157 Å². The van der Waals surface area contributed by atoms with Crippen LogP contribution in [-0.4, -0.2) is 44.1 Å². The SMILES string of the molecule is CNC[C@@H](O)CCN1Cc2cc(F)ccc2N(c2ccccc2F)S1(=O)=O. The van der Waals surface area contributed by atoms with Gasteiger partial charge in [0.15, 0.2) is 0 Å². The molecule has 0 bridgehead atoms. The number of aliphatic hydroxyl groups excluding tert-OH is 1. The number of fused-ring (bicyclic) bond motifs is 1. The number of rotatable bonds is 6. The summed E-state index contributed by atoms with van der Waals surface area (Å²) in [5, 5.41) is 12.7. The van der Waals surface area contributed by atoms with Gasteiger partial charge in [-0.15, -0.1) is 0 Å². The topological polar surface area (TPSA) is 72.9 Å². The maximum absolute atomic E-state index is 14.4. The van der Waals surface area contributed by atoms with Crippen molar-refractivity contribution in [3.8, 4) is 0 Å². The molecule has 0 radical (unpaired) electrons. The van der Waals surface area contributed by atoms with Gasteiger partial charge in [0.05, 0.1) is 17.5 Å². The van der Waals surface area contributed by atoms with Crippen molar-refractivity contribution >= 4 is 21.6 Å². The number of likely N-dealkylation sites (N-methyl/N-ethyl adjacent to an activating group) is 1. The molecule has 1 atom stereocenters. The van der Waals surface area contributed by atoms with Crippen LogP contribution in [0.15, 0.2) is 42.5 Å². The third-order valence-corrected chi connectivity index (χ3v) is 6.21. The molecule has 0 fully saturated rings. The summed E-state index contributed by atoms with van der Waals surface area (Å²) >= 11 is 0. The summed E-state index contributed by atoms with van der Waals surface area (Å²) in [7, 11) is -2.42. The molecule has 6 nitrogen and oxygen atoms in total. The van der Waals surface area contributed by atoms with Crippen LogP contribution in [0.2, 0.25) is 0 Å². The summed E-state index contributed by atoms with van der Waals surface area (Å²) in [5.41, 5.74) is 0.510. The van der Waals surface area contributed by atoms with Gasteiger partial charge in [-0.2, -0.15) is 12.7 Å². The van der Waals surface area contributed by atoms with E-state index in [0.29, 0.717) is 12.1 Å². The van der Waals surface area contributed by atoms with Gasteiger partial charge in [-0.1, -0.05) is 12.1 Å². The van der Waals surface area contributed by atoms with Crippen LogP contribution in [0.1, 0.15) is 12.0 Å². The summed E-state index contributed by atoms with van der Waals surface area (Å²) in [6, 6.07) is 9.26. The van der Waals surface area contributed by atoms with E-state index in [1.165, 1.54) is 36.4 Å². The molecular formula is C18H21F2N3O3S. The molecule has 3 rings (SSSR count). The molecule has 0 unspecified atom stereocenters. The van der Waals surface area contributed by atoms with Gasteiger partial charge in [-0.25, -0.2) is 13.1 Å². The first-order chi connectivity index (χ1) is 12.8. The maximum Gasteiger partial charge on any atom is 0.308 e. The van der Waals surface area contributed by atoms with Crippen LogP contribution in [0.5, 0.6) is 0 Å². The van der Waals surface area contributed by atoms with Crippen LogP contribution < -0.4 is 9.62 Å². The minimum atomic E-state index is -4.10. The molecule has 0 aromatic heterocycles. The predicted octanol–water partition coefficient (Wildman–Crippen LogP) is 2.13. The molecule has 2 N–H and O–H groups in total. The monoisotopic (exact) mass is 397 g/mol. The molecule has 146 valence electrons. The summed E-state index contributed by atoms with van der Waals surface area (Å²) in [6.45, 7) is 0.287. The minimum Gasteiger partial charge on any atom is -0.392 e. The Morgan fingerprint density at radius 2 is 1.93 bits per heavy atom. The average molecular weight is 397 g/mol. The standard InChI is InChI=1S/C18H21F2N3O3S/c1-21-11-15(24)8-9-22-12-13-10-14(19)6-7-17(13)23(27(22,25)26)18-5-3-2-4-16(18)20/h2-7,10,15,21,24H,8-9,11-12H2,1H3/t15-/m0/s1. The zero-order chi connectivity index (χ0) is 19.6. The third-order valence-electron chi connectivity index (χ3n) is 4.39. The molecule has 1 aliphatic heterocycles. The van der Waals surface area contributed by atoms with Crippen molar-refractivity contribution in [1.82, 2.24) is 9.62 Å². The first-order valence-corrected chi connectivity index (χ1v) is 9.90. The molecule has 0 saturated carbocycles. The van der Waals surface area contributed by atoms with Crippen molar-refractivity contribution in [1.29, 1.82) is 0 Å². The molecule has 0 saturated heterocycles. The summed E-state index contributed by atoms with van der Waals surface area (Å²) < 4.78 is 56.5. The average Bonchev–Trinajstić information content (AvgIpc) is 2.61. The van der Waals surface area contributed by atoms with Crippen LogP contribution in [0.25, 0.3) is 0 Å². The zero-order valence-electron chi connectivity index (χ0n) is 14.8. The van der Waals surface area contributed by atoms with Crippen molar-refractivity contribution in [3.63, 3.8) is 0 Å². The Morgan fingerprint density at radius 3 is 2.63 bits per heavy atom. The van der Waals surface area contributed by atoms with E-state index in [0.717, 1.165) is 14.7 Å². The highest BCUT2D eigenvalue weighted by molar-refractivity contribution is 7.90. The van der Waals surface area contributed by atoms with E-state index < -0.39 is 27.9 Å². The number of anilines is 2. The zero-order valence-corrected chi connectivity index (χ0v) is 15.6. The minimum absolute atomic E-state index is 0.0199. The second-order valence-electron chi connectivity index (χ2n) is 6.33. The second kappa shape index (κ2) is 7.89. The number of para-hydroxylation sites is 1. The van der Waals surface area contributed by atoms with Crippen LogP contribution in [0, 0.1) is 11.6 Å². The van der Waals surface area contributed by atoms with E-state index in [9.17, 15) is 22.3 Å². The lowest BCUT2D eigenvalue weighted by Crippen LogP contribution is -2.46. The molecule has 0 spiro atoms. The van der Waals surface area contributed by atoms with Gasteiger partial charge in [0, 0.05) is 19.6 Å². The first-order valence-electron chi connectivity index (χ1n) is 8.50. The highest BCUT2D eigenvalue weighted by Crippen LogP contribution is 2.39. The molecule has 2 aromatic rings. The van der Waals surface area contributed by atoms with E-state index in [-0.39, 0.29) is 30.9 Å². The normalized spacial score (nSPS) is 17.6. The van der Waals surface area contributed by atoms with Crippen LogP contribution in [0.3, 0.4) is 0 Å². The Bertz CT molecular complexity index is 924. The number of hydrogen-bond donors (Lipinski definition) is 2. The Kier molecular flexibility index (Phi) is 5.75.